The number of hydrogen-bond acceptors (Lipinski definition) is 5. The molecular weight excluding hydrogens is 302 g/mol. The van der Waals surface area contributed by atoms with E-state index in [0.29, 0.717) is 23.3 Å². The molecule has 8 heteroatoms. The number of nitro groups is 1. The fourth-order valence-electron chi connectivity index (χ4n) is 1.85. The smallest absolute Gasteiger partial charge is 0.282 e. The van der Waals surface area contributed by atoms with Gasteiger partial charge in [-0.3, -0.25) is 24.8 Å². The highest BCUT2D eigenvalue weighted by Gasteiger charge is 2.29. The second-order valence-corrected chi connectivity index (χ2v) is 5.64. The van der Waals surface area contributed by atoms with Gasteiger partial charge < -0.3 is 0 Å². The molecule has 2 rings (SSSR count). The molecule has 0 unspecified atom stereocenters. The van der Waals surface area contributed by atoms with Crippen LogP contribution in [0, 0.1) is 10.1 Å². The lowest BCUT2D eigenvalue weighted by Crippen LogP contribution is -2.33. The largest absolute Gasteiger partial charge is 0.285 e. The zero-order valence-corrected chi connectivity index (χ0v) is 12.3. The maximum absolute atomic E-state index is 12.5. The zero-order chi connectivity index (χ0) is 14.7. The Balaban J connectivity index is 2.36. The SMILES string of the molecule is CCSC1=NCCN1C(=O)c1cc(Cl)ccc1[N+](=O)[O-]. The van der Waals surface area contributed by atoms with Crippen molar-refractivity contribution in [2.75, 3.05) is 18.8 Å². The highest BCUT2D eigenvalue weighted by Crippen LogP contribution is 2.26. The van der Waals surface area contributed by atoms with Gasteiger partial charge in [-0.25, -0.2) is 0 Å². The van der Waals surface area contributed by atoms with Crippen LogP contribution in [-0.4, -0.2) is 39.7 Å². The molecule has 0 radical (unpaired) electrons. The summed E-state index contributed by atoms with van der Waals surface area (Å²) in [6.45, 7) is 2.91. The van der Waals surface area contributed by atoms with E-state index >= 15 is 0 Å². The van der Waals surface area contributed by atoms with E-state index in [1.165, 1.54) is 34.9 Å². The van der Waals surface area contributed by atoms with Gasteiger partial charge in [0.1, 0.15) is 5.56 Å². The van der Waals surface area contributed by atoms with Crippen LogP contribution in [0.5, 0.6) is 0 Å². The molecule has 0 atom stereocenters. The van der Waals surface area contributed by atoms with Crippen LogP contribution in [0.2, 0.25) is 5.02 Å². The molecule has 0 bridgehead atoms. The Labute approximate surface area is 125 Å². The molecule has 0 saturated carbocycles. The quantitative estimate of drug-likeness (QED) is 0.635. The molecule has 0 saturated heterocycles. The molecule has 1 aliphatic heterocycles. The fraction of sp³-hybridized carbons (Fsp3) is 0.333. The maximum Gasteiger partial charge on any atom is 0.282 e. The van der Waals surface area contributed by atoms with Gasteiger partial charge in [0.05, 0.1) is 11.5 Å². The molecule has 0 spiro atoms. The van der Waals surface area contributed by atoms with Crippen LogP contribution < -0.4 is 0 Å². The van der Waals surface area contributed by atoms with Crippen LogP contribution in [0.1, 0.15) is 17.3 Å². The molecule has 20 heavy (non-hydrogen) atoms. The number of carbonyl (C=O) groups is 1. The first kappa shape index (κ1) is 14.8. The Morgan fingerprint density at radius 1 is 1.60 bits per heavy atom. The van der Waals surface area contributed by atoms with Gasteiger partial charge in [-0.1, -0.05) is 30.3 Å². The van der Waals surface area contributed by atoms with Gasteiger partial charge in [0.15, 0.2) is 5.17 Å². The lowest BCUT2D eigenvalue weighted by molar-refractivity contribution is -0.385. The van der Waals surface area contributed by atoms with Crippen molar-refractivity contribution >= 4 is 40.1 Å². The summed E-state index contributed by atoms with van der Waals surface area (Å²) >= 11 is 7.28. The van der Waals surface area contributed by atoms with Crippen molar-refractivity contribution in [3.05, 3.63) is 38.9 Å². The van der Waals surface area contributed by atoms with Crippen LogP contribution in [-0.2, 0) is 0 Å². The molecule has 1 aliphatic rings. The zero-order valence-electron chi connectivity index (χ0n) is 10.7. The van der Waals surface area contributed by atoms with Crippen molar-refractivity contribution in [3.63, 3.8) is 0 Å². The van der Waals surface area contributed by atoms with Gasteiger partial charge in [-0.2, -0.15) is 0 Å². The first-order valence-electron chi connectivity index (χ1n) is 5.97. The van der Waals surface area contributed by atoms with E-state index in [4.69, 9.17) is 11.6 Å². The minimum atomic E-state index is -0.580. The summed E-state index contributed by atoms with van der Waals surface area (Å²) in [7, 11) is 0. The summed E-state index contributed by atoms with van der Waals surface area (Å²) in [6, 6.07) is 3.97. The van der Waals surface area contributed by atoms with Crippen LogP contribution in [0.4, 0.5) is 5.69 Å². The third kappa shape index (κ3) is 2.94. The molecule has 6 nitrogen and oxygen atoms in total. The molecule has 0 N–H and O–H groups in total. The van der Waals surface area contributed by atoms with Crippen LogP contribution in [0.3, 0.4) is 0 Å². The molecule has 1 aromatic rings. The van der Waals surface area contributed by atoms with E-state index in [1.807, 2.05) is 6.92 Å². The van der Waals surface area contributed by atoms with Crippen molar-refractivity contribution in [2.45, 2.75) is 6.92 Å². The highest BCUT2D eigenvalue weighted by atomic mass is 35.5. The van der Waals surface area contributed by atoms with Crippen molar-refractivity contribution in [1.29, 1.82) is 0 Å². The maximum atomic E-state index is 12.5. The van der Waals surface area contributed by atoms with E-state index in [2.05, 4.69) is 4.99 Å². The lowest BCUT2D eigenvalue weighted by atomic mass is 10.1. The van der Waals surface area contributed by atoms with Crippen LogP contribution >= 0.6 is 23.4 Å². The summed E-state index contributed by atoms with van der Waals surface area (Å²) < 4.78 is 0. The Hall–Kier alpha value is -1.60. The topological polar surface area (TPSA) is 75.8 Å². The van der Waals surface area contributed by atoms with Crippen molar-refractivity contribution < 1.29 is 9.72 Å². The second-order valence-electron chi connectivity index (χ2n) is 3.97. The van der Waals surface area contributed by atoms with Gasteiger partial charge in [-0.05, 0) is 17.9 Å². The number of nitrogens with zero attached hydrogens (tertiary/aromatic N) is 3. The number of amidine groups is 1. The molecule has 106 valence electrons. The normalized spacial score (nSPS) is 14.3. The predicted molar refractivity (Wildman–Crippen MR) is 79.6 cm³/mol. The number of benzene rings is 1. The second kappa shape index (κ2) is 6.23. The molecule has 0 aromatic heterocycles. The van der Waals surface area contributed by atoms with Crippen LogP contribution in [0.25, 0.3) is 0 Å². The minimum absolute atomic E-state index is 0.00574. The number of aliphatic imine (C=N–C) groups is 1. The highest BCUT2D eigenvalue weighted by molar-refractivity contribution is 8.13. The summed E-state index contributed by atoms with van der Waals surface area (Å²) in [5.74, 6) is 0.344. The van der Waals surface area contributed by atoms with Crippen LogP contribution in [0.15, 0.2) is 23.2 Å². The summed E-state index contributed by atoms with van der Waals surface area (Å²) in [4.78, 5) is 28.6. The Morgan fingerprint density at radius 2 is 2.35 bits per heavy atom. The number of thioether (sulfide) groups is 1. The van der Waals surface area contributed by atoms with E-state index in [9.17, 15) is 14.9 Å². The van der Waals surface area contributed by atoms with Crippen molar-refractivity contribution in [2.24, 2.45) is 4.99 Å². The Kier molecular flexibility index (Phi) is 4.61. The Morgan fingerprint density at radius 3 is 3.00 bits per heavy atom. The van der Waals surface area contributed by atoms with Gasteiger partial charge in [-0.15, -0.1) is 0 Å². The van der Waals surface area contributed by atoms with E-state index < -0.39 is 10.8 Å². The van der Waals surface area contributed by atoms with E-state index in [1.54, 1.807) is 0 Å². The molecule has 1 aromatic carbocycles. The predicted octanol–water partition coefficient (Wildman–Crippen LogP) is 2.81. The number of hydrogen-bond donors (Lipinski definition) is 0. The standard InChI is InChI=1S/C12H12ClN3O3S/c1-2-20-12-14-5-6-15(12)11(17)9-7-8(13)3-4-10(9)16(18)19/h3-4,7H,2,5-6H2,1H3. The summed E-state index contributed by atoms with van der Waals surface area (Å²) in [6.07, 6.45) is 0. The first-order chi connectivity index (χ1) is 9.54. The van der Waals surface area contributed by atoms with E-state index in [0.717, 1.165) is 5.75 Å². The first-order valence-corrected chi connectivity index (χ1v) is 7.34. The van der Waals surface area contributed by atoms with Gasteiger partial charge in [0.2, 0.25) is 0 Å². The number of rotatable bonds is 3. The van der Waals surface area contributed by atoms with Crippen molar-refractivity contribution in [1.82, 2.24) is 4.90 Å². The van der Waals surface area contributed by atoms with E-state index in [-0.39, 0.29) is 11.3 Å². The number of nitro benzene ring substituents is 1. The monoisotopic (exact) mass is 313 g/mol. The fourth-order valence-corrected chi connectivity index (χ4v) is 2.79. The number of amides is 1. The lowest BCUT2D eigenvalue weighted by Gasteiger charge is -2.17. The summed E-state index contributed by atoms with van der Waals surface area (Å²) in [5, 5.41) is 11.9. The molecule has 1 amide bonds. The molecule has 0 fully saturated rings. The molecule has 1 heterocycles. The molecule has 0 aliphatic carbocycles. The minimum Gasteiger partial charge on any atom is -0.285 e. The summed E-state index contributed by atoms with van der Waals surface area (Å²) in [5.41, 5.74) is -0.249. The third-order valence-corrected chi connectivity index (χ3v) is 3.84. The number of halogens is 1. The van der Waals surface area contributed by atoms with Crippen molar-refractivity contribution in [3.8, 4) is 0 Å². The van der Waals surface area contributed by atoms with Gasteiger partial charge in [0, 0.05) is 17.6 Å². The average Bonchev–Trinajstić information content (AvgIpc) is 2.86. The van der Waals surface area contributed by atoms with Gasteiger partial charge in [0.25, 0.3) is 11.6 Å². The van der Waals surface area contributed by atoms with Gasteiger partial charge >= 0.3 is 0 Å². The third-order valence-electron chi connectivity index (χ3n) is 2.71. The molecular formula is C12H12ClN3O3S. The Bertz CT molecular complexity index is 591. The number of carbonyl (C=O) groups excluding carboxylic acids is 1. The average molecular weight is 314 g/mol.